The molecule has 2 aromatic heterocycles. The van der Waals surface area contributed by atoms with Gasteiger partial charge in [0.25, 0.3) is 17.5 Å². The maximum absolute atomic E-state index is 5.39. The Kier molecular flexibility index (Phi) is 2.84. The lowest BCUT2D eigenvalue weighted by Gasteiger charge is -2.39. The minimum Gasteiger partial charge on any atom is -0.240 e. The van der Waals surface area contributed by atoms with E-state index < -0.39 is 5.79 Å². The van der Waals surface area contributed by atoms with Gasteiger partial charge < -0.3 is 0 Å². The van der Waals surface area contributed by atoms with Gasteiger partial charge in [0, 0.05) is 28.5 Å². The van der Waals surface area contributed by atoms with Crippen LogP contribution in [0, 0.1) is 25.7 Å². The minimum absolute atomic E-state index is 0.182. The molecule has 6 heteroatoms. The van der Waals surface area contributed by atoms with Crippen molar-refractivity contribution in [1.29, 1.82) is 0 Å². The van der Waals surface area contributed by atoms with Gasteiger partial charge in [-0.1, -0.05) is 69.2 Å². The number of allylic oxidation sites excluding steroid dienone is 2. The zero-order chi connectivity index (χ0) is 23.4. The number of amidine groups is 2. The van der Waals surface area contributed by atoms with Gasteiger partial charge in [0.2, 0.25) is 11.3 Å². The summed E-state index contributed by atoms with van der Waals surface area (Å²) in [6, 6.07) is 13.3. The van der Waals surface area contributed by atoms with Gasteiger partial charge in [0.1, 0.15) is 11.3 Å². The van der Waals surface area contributed by atoms with Crippen LogP contribution in [0.3, 0.4) is 0 Å². The predicted molar refractivity (Wildman–Crippen MR) is 137 cm³/mol. The minimum atomic E-state index is -0.544. The van der Waals surface area contributed by atoms with E-state index in [0.29, 0.717) is 0 Å². The molecular weight excluding hydrogens is 432 g/mol. The molecule has 0 saturated heterocycles. The highest BCUT2D eigenvalue weighted by Gasteiger charge is 2.60. The Morgan fingerprint density at radius 3 is 2.31 bits per heavy atom. The number of aliphatic imine (C=N–C) groups is 1. The molecule has 4 aliphatic heterocycles. The summed E-state index contributed by atoms with van der Waals surface area (Å²) in [6.07, 6.45) is 6.92. The molecule has 1 aliphatic carbocycles. The number of aromatic nitrogens is 2. The van der Waals surface area contributed by atoms with Crippen molar-refractivity contribution in [1.82, 2.24) is 9.13 Å². The molecule has 0 fully saturated rings. The van der Waals surface area contributed by atoms with Gasteiger partial charge in [-0.15, -0.1) is 0 Å². The van der Waals surface area contributed by atoms with Gasteiger partial charge >= 0.3 is 0 Å². The Labute approximate surface area is 201 Å². The summed E-state index contributed by atoms with van der Waals surface area (Å²) >= 11 is 0. The van der Waals surface area contributed by atoms with Crippen LogP contribution in [-0.2, 0) is 5.79 Å². The normalized spacial score (nSPS) is 26.4. The van der Waals surface area contributed by atoms with E-state index in [1.807, 2.05) is 0 Å². The topological polar surface area (TPSA) is 49.9 Å². The highest BCUT2D eigenvalue weighted by molar-refractivity contribution is 6.07. The highest BCUT2D eigenvalue weighted by Crippen LogP contribution is 2.50. The average Bonchev–Trinajstić information content (AvgIpc) is 3.43. The molecule has 0 radical (unpaired) electrons. The lowest BCUT2D eigenvalue weighted by molar-refractivity contribution is -0.552. The number of nitrogens with zero attached hydrogens (tertiary/aromatic N) is 6. The molecule has 0 spiro atoms. The van der Waals surface area contributed by atoms with Crippen molar-refractivity contribution in [3.05, 3.63) is 82.3 Å². The van der Waals surface area contributed by atoms with Crippen LogP contribution in [0.5, 0.6) is 0 Å². The molecule has 2 aromatic carbocycles. The van der Waals surface area contributed by atoms with Crippen molar-refractivity contribution in [3.63, 3.8) is 0 Å². The molecule has 0 bridgehead atoms. The first-order chi connectivity index (χ1) is 16.9. The fourth-order valence-corrected chi connectivity index (χ4v) is 7.02. The van der Waals surface area contributed by atoms with Gasteiger partial charge in [0.05, 0.1) is 11.8 Å². The summed E-state index contributed by atoms with van der Waals surface area (Å²) in [4.78, 5) is 16.1. The largest absolute Gasteiger partial charge is 0.258 e. The number of rotatable bonds is 0. The third kappa shape index (κ3) is 1.83. The van der Waals surface area contributed by atoms with Gasteiger partial charge in [-0.25, -0.2) is 14.1 Å². The molecule has 2 unspecified atom stereocenters. The van der Waals surface area contributed by atoms with Crippen LogP contribution in [0.15, 0.2) is 75.2 Å². The first-order valence-electron chi connectivity index (χ1n) is 12.3. The van der Waals surface area contributed by atoms with Gasteiger partial charge in [-0.3, -0.25) is 0 Å². The second-order valence-electron chi connectivity index (χ2n) is 10.7. The summed E-state index contributed by atoms with van der Waals surface area (Å²) in [5, 5.41) is 4.65. The first-order valence-corrected chi connectivity index (χ1v) is 12.3. The molecule has 35 heavy (non-hydrogen) atoms. The van der Waals surface area contributed by atoms with Gasteiger partial charge in [-0.05, 0) is 32.9 Å². The maximum atomic E-state index is 5.39. The van der Waals surface area contributed by atoms with Crippen LogP contribution in [-0.4, -0.2) is 25.4 Å². The maximum Gasteiger partial charge on any atom is 0.258 e. The van der Waals surface area contributed by atoms with Crippen LogP contribution >= 0.6 is 0 Å². The van der Waals surface area contributed by atoms with E-state index in [-0.39, 0.29) is 11.8 Å². The molecule has 6 heterocycles. The second kappa shape index (κ2) is 5.43. The molecule has 6 nitrogen and oxygen atoms in total. The molecule has 0 saturated carbocycles. The fourth-order valence-electron chi connectivity index (χ4n) is 7.02. The number of aryl methyl sites for hydroxylation is 2. The Bertz CT molecular complexity index is 2010. The third-order valence-electron chi connectivity index (χ3n) is 8.53. The van der Waals surface area contributed by atoms with E-state index in [0.717, 1.165) is 45.1 Å². The van der Waals surface area contributed by atoms with E-state index in [4.69, 9.17) is 15.0 Å². The smallest absolute Gasteiger partial charge is 0.240 e. The third-order valence-corrected chi connectivity index (χ3v) is 8.53. The van der Waals surface area contributed by atoms with Crippen molar-refractivity contribution in [3.8, 4) is 0 Å². The summed E-state index contributed by atoms with van der Waals surface area (Å²) in [5.74, 6) is 3.99. The monoisotopic (exact) mass is 455 g/mol. The second-order valence-corrected chi connectivity index (χ2v) is 10.7. The number of hydrogen-bond acceptors (Lipinski definition) is 3. The van der Waals surface area contributed by atoms with Crippen LogP contribution in [0.4, 0.5) is 11.6 Å². The molecule has 0 amide bonds. The molecule has 9 rings (SSSR count). The van der Waals surface area contributed by atoms with Crippen molar-refractivity contribution < 1.29 is 4.58 Å². The lowest BCUT2D eigenvalue weighted by Crippen LogP contribution is -2.62. The first kappa shape index (κ1) is 18.3. The SMILES string of the molecule is CC1=CC2C3=Nc4c5cc(C)ccc5c5n4[C@@]4(C)n6c(c7cc(C)ccc7c6=N5)=NC(=[N+]34)C2C=C1. The number of fused-ring (bicyclic) bond motifs is 9. The standard InChI is InChI=1S/C29H23N6/c1-14-5-8-17-20(11-14)26-31-25-19-10-7-16(3)13-22(19)28-32-27-21-12-15(2)6-9-18(21)24-30-23(17)33(26)29(4,34(24)27)35(25)28/h5-13,19,22H,1-4H3/q+1/t19?,22?,29-/m1/s1. The summed E-state index contributed by atoms with van der Waals surface area (Å²) in [6.45, 7) is 8.79. The van der Waals surface area contributed by atoms with E-state index in [1.165, 1.54) is 27.5 Å². The summed E-state index contributed by atoms with van der Waals surface area (Å²) in [5.41, 5.74) is 5.73. The van der Waals surface area contributed by atoms with Crippen molar-refractivity contribution >= 4 is 44.9 Å². The Morgan fingerprint density at radius 2 is 1.49 bits per heavy atom. The van der Waals surface area contributed by atoms with E-state index in [1.54, 1.807) is 0 Å². The molecule has 3 atom stereocenters. The Balaban J connectivity index is 1.58. The molecule has 5 aliphatic rings. The quantitative estimate of drug-likeness (QED) is 0.351. The Morgan fingerprint density at radius 1 is 0.771 bits per heavy atom. The van der Waals surface area contributed by atoms with E-state index in [9.17, 15) is 0 Å². The van der Waals surface area contributed by atoms with Crippen LogP contribution in [0.1, 0.15) is 25.0 Å². The van der Waals surface area contributed by atoms with Gasteiger partial charge in [-0.2, -0.15) is 4.58 Å². The van der Waals surface area contributed by atoms with Crippen molar-refractivity contribution in [2.45, 2.75) is 33.5 Å². The lowest BCUT2D eigenvalue weighted by atomic mass is 9.86. The van der Waals surface area contributed by atoms with Crippen LogP contribution < -0.4 is 11.0 Å². The summed E-state index contributed by atoms with van der Waals surface area (Å²) < 4.78 is 7.12. The average molecular weight is 456 g/mol. The molecular formula is C29H23N6+. The summed E-state index contributed by atoms with van der Waals surface area (Å²) in [7, 11) is 0. The number of benzene rings is 2. The zero-order valence-corrected chi connectivity index (χ0v) is 20.0. The number of hydrogen-bond donors (Lipinski definition) is 0. The van der Waals surface area contributed by atoms with Gasteiger partial charge in [0.15, 0.2) is 0 Å². The molecule has 4 aromatic rings. The molecule has 0 N–H and O–H groups in total. The highest BCUT2D eigenvalue weighted by atomic mass is 15.6. The van der Waals surface area contributed by atoms with E-state index >= 15 is 0 Å². The predicted octanol–water partition coefficient (Wildman–Crippen LogP) is 4.51. The van der Waals surface area contributed by atoms with E-state index in [2.05, 4.69) is 96.0 Å². The van der Waals surface area contributed by atoms with Crippen molar-refractivity contribution in [2.75, 3.05) is 0 Å². The fraction of sp³-hybridized carbons (Fsp3) is 0.241. The van der Waals surface area contributed by atoms with Crippen LogP contribution in [0.25, 0.3) is 21.5 Å². The zero-order valence-electron chi connectivity index (χ0n) is 20.0. The Hall–Kier alpha value is -4.06. The van der Waals surface area contributed by atoms with Crippen LogP contribution in [0.2, 0.25) is 0 Å². The molecule has 168 valence electrons. The van der Waals surface area contributed by atoms with Crippen molar-refractivity contribution in [2.24, 2.45) is 26.8 Å².